The summed E-state index contributed by atoms with van der Waals surface area (Å²) in [5.41, 5.74) is 1.46. The normalized spacial score (nSPS) is 10.6. The van der Waals surface area contributed by atoms with E-state index in [4.69, 9.17) is 0 Å². The number of nitrogens with zero attached hydrogens (tertiary/aromatic N) is 3. The van der Waals surface area contributed by atoms with Crippen molar-refractivity contribution in [3.8, 4) is 0 Å². The SMILES string of the molecule is CN(C(=O)c1ccncc1F)c1cccc2ncccc12. The Morgan fingerprint density at radius 3 is 2.81 bits per heavy atom. The number of pyridine rings is 2. The Labute approximate surface area is 120 Å². The molecule has 21 heavy (non-hydrogen) atoms. The summed E-state index contributed by atoms with van der Waals surface area (Å²) in [5.74, 6) is -1.06. The number of benzene rings is 1. The molecule has 0 aliphatic carbocycles. The lowest BCUT2D eigenvalue weighted by Gasteiger charge is -2.19. The third kappa shape index (κ3) is 2.33. The second-order valence-electron chi connectivity index (χ2n) is 4.57. The number of carbonyl (C=O) groups excluding carboxylic acids is 1. The number of amides is 1. The van der Waals surface area contributed by atoms with Crippen LogP contribution in [0.3, 0.4) is 0 Å². The van der Waals surface area contributed by atoms with Gasteiger partial charge in [-0.25, -0.2) is 4.39 Å². The van der Waals surface area contributed by atoms with E-state index in [0.29, 0.717) is 5.69 Å². The van der Waals surface area contributed by atoms with Crippen LogP contribution in [0, 0.1) is 5.82 Å². The van der Waals surface area contributed by atoms with Gasteiger partial charge >= 0.3 is 0 Å². The Morgan fingerprint density at radius 1 is 1.14 bits per heavy atom. The van der Waals surface area contributed by atoms with Crippen LogP contribution in [0.15, 0.2) is 55.0 Å². The van der Waals surface area contributed by atoms with E-state index in [1.807, 2.05) is 18.2 Å². The van der Waals surface area contributed by atoms with Gasteiger partial charge in [-0.1, -0.05) is 6.07 Å². The molecule has 0 aliphatic heterocycles. The topological polar surface area (TPSA) is 46.1 Å². The molecule has 3 aromatic rings. The van der Waals surface area contributed by atoms with Crippen LogP contribution in [-0.2, 0) is 0 Å². The molecule has 1 amide bonds. The summed E-state index contributed by atoms with van der Waals surface area (Å²) in [6, 6.07) is 10.5. The van der Waals surface area contributed by atoms with Crippen LogP contribution in [0.25, 0.3) is 10.9 Å². The van der Waals surface area contributed by atoms with Gasteiger partial charge in [-0.05, 0) is 30.3 Å². The van der Waals surface area contributed by atoms with Crippen molar-refractivity contribution < 1.29 is 9.18 Å². The molecule has 0 N–H and O–H groups in total. The molecule has 2 aromatic heterocycles. The molecule has 4 nitrogen and oxygen atoms in total. The molecule has 0 fully saturated rings. The van der Waals surface area contributed by atoms with Crippen molar-refractivity contribution in [1.82, 2.24) is 9.97 Å². The van der Waals surface area contributed by atoms with E-state index in [2.05, 4.69) is 9.97 Å². The molecular weight excluding hydrogens is 269 g/mol. The van der Waals surface area contributed by atoms with Crippen LogP contribution in [0.2, 0.25) is 0 Å². The number of halogens is 1. The average molecular weight is 281 g/mol. The molecule has 0 bridgehead atoms. The van der Waals surface area contributed by atoms with Crippen molar-refractivity contribution in [3.63, 3.8) is 0 Å². The van der Waals surface area contributed by atoms with E-state index in [1.165, 1.54) is 17.2 Å². The monoisotopic (exact) mass is 281 g/mol. The van der Waals surface area contributed by atoms with E-state index >= 15 is 0 Å². The van der Waals surface area contributed by atoms with Crippen molar-refractivity contribution in [2.75, 3.05) is 11.9 Å². The zero-order valence-electron chi connectivity index (χ0n) is 11.3. The molecule has 1 aromatic carbocycles. The van der Waals surface area contributed by atoms with Gasteiger partial charge in [0.15, 0.2) is 5.82 Å². The first-order valence-electron chi connectivity index (χ1n) is 6.40. The highest BCUT2D eigenvalue weighted by Crippen LogP contribution is 2.25. The minimum Gasteiger partial charge on any atom is -0.311 e. The van der Waals surface area contributed by atoms with Crippen LogP contribution in [0.5, 0.6) is 0 Å². The van der Waals surface area contributed by atoms with Crippen LogP contribution < -0.4 is 4.90 Å². The maximum Gasteiger partial charge on any atom is 0.261 e. The van der Waals surface area contributed by atoms with Crippen LogP contribution in [-0.4, -0.2) is 22.9 Å². The average Bonchev–Trinajstić information content (AvgIpc) is 2.53. The molecule has 0 radical (unpaired) electrons. The summed E-state index contributed by atoms with van der Waals surface area (Å²) in [7, 11) is 1.62. The minimum absolute atomic E-state index is 0.00612. The summed E-state index contributed by atoms with van der Waals surface area (Å²) in [6.45, 7) is 0. The van der Waals surface area contributed by atoms with Gasteiger partial charge in [0.25, 0.3) is 5.91 Å². The van der Waals surface area contributed by atoms with Gasteiger partial charge in [-0.3, -0.25) is 14.8 Å². The second-order valence-corrected chi connectivity index (χ2v) is 4.57. The molecule has 0 aliphatic rings. The van der Waals surface area contributed by atoms with Gasteiger partial charge < -0.3 is 4.90 Å². The Bertz CT molecular complexity index is 814. The zero-order chi connectivity index (χ0) is 14.8. The highest BCUT2D eigenvalue weighted by molar-refractivity contribution is 6.10. The Balaban J connectivity index is 2.07. The van der Waals surface area contributed by atoms with Gasteiger partial charge in [-0.15, -0.1) is 0 Å². The number of hydrogen-bond acceptors (Lipinski definition) is 3. The number of aromatic nitrogens is 2. The summed E-state index contributed by atoms with van der Waals surface area (Å²) in [5, 5.41) is 0.838. The Kier molecular flexibility index (Phi) is 3.31. The number of hydrogen-bond donors (Lipinski definition) is 0. The lowest BCUT2D eigenvalue weighted by molar-refractivity contribution is 0.0989. The summed E-state index contributed by atoms with van der Waals surface area (Å²) in [4.78, 5) is 21.8. The Morgan fingerprint density at radius 2 is 2.00 bits per heavy atom. The van der Waals surface area contributed by atoms with Crippen LogP contribution in [0.1, 0.15) is 10.4 Å². The molecular formula is C16H12FN3O. The number of carbonyl (C=O) groups is 1. The predicted octanol–water partition coefficient (Wildman–Crippen LogP) is 3.05. The highest BCUT2D eigenvalue weighted by Gasteiger charge is 2.18. The lowest BCUT2D eigenvalue weighted by Crippen LogP contribution is -2.27. The van der Waals surface area contributed by atoms with Gasteiger partial charge in [0.2, 0.25) is 0 Å². The molecule has 0 atom stereocenters. The second kappa shape index (κ2) is 5.28. The fourth-order valence-electron chi connectivity index (χ4n) is 2.22. The molecule has 2 heterocycles. The first-order chi connectivity index (χ1) is 10.2. The van der Waals surface area contributed by atoms with E-state index in [0.717, 1.165) is 17.1 Å². The van der Waals surface area contributed by atoms with E-state index in [-0.39, 0.29) is 5.56 Å². The largest absolute Gasteiger partial charge is 0.311 e. The van der Waals surface area contributed by atoms with Gasteiger partial charge in [-0.2, -0.15) is 0 Å². The highest BCUT2D eigenvalue weighted by atomic mass is 19.1. The third-order valence-corrected chi connectivity index (χ3v) is 3.29. The summed E-state index contributed by atoms with van der Waals surface area (Å²) in [6.07, 6.45) is 4.12. The van der Waals surface area contributed by atoms with E-state index < -0.39 is 11.7 Å². The minimum atomic E-state index is -0.632. The number of fused-ring (bicyclic) bond motifs is 1. The molecule has 104 valence electrons. The molecule has 3 rings (SSSR count). The first-order valence-corrected chi connectivity index (χ1v) is 6.40. The molecule has 0 saturated carbocycles. The maximum atomic E-state index is 13.7. The lowest BCUT2D eigenvalue weighted by atomic mass is 10.1. The molecule has 0 unspecified atom stereocenters. The van der Waals surface area contributed by atoms with Crippen molar-refractivity contribution in [1.29, 1.82) is 0 Å². The molecule has 0 spiro atoms. The van der Waals surface area contributed by atoms with Crippen molar-refractivity contribution in [3.05, 3.63) is 66.4 Å². The smallest absolute Gasteiger partial charge is 0.261 e. The standard InChI is InChI=1S/C16H12FN3O/c1-20(16(21)11-7-9-18-10-13(11)17)15-6-2-5-14-12(15)4-3-8-19-14/h2-10H,1H3. The third-order valence-electron chi connectivity index (χ3n) is 3.29. The molecule has 0 saturated heterocycles. The van der Waals surface area contributed by atoms with Gasteiger partial charge in [0.05, 0.1) is 23.0 Å². The van der Waals surface area contributed by atoms with Gasteiger partial charge in [0.1, 0.15) is 0 Å². The van der Waals surface area contributed by atoms with E-state index in [1.54, 1.807) is 25.4 Å². The van der Waals surface area contributed by atoms with Crippen LogP contribution in [0.4, 0.5) is 10.1 Å². The zero-order valence-corrected chi connectivity index (χ0v) is 11.3. The first kappa shape index (κ1) is 13.2. The fraction of sp³-hybridized carbons (Fsp3) is 0.0625. The fourth-order valence-corrected chi connectivity index (χ4v) is 2.22. The van der Waals surface area contributed by atoms with Crippen LogP contribution >= 0.6 is 0 Å². The van der Waals surface area contributed by atoms with Crippen molar-refractivity contribution in [2.45, 2.75) is 0 Å². The number of anilines is 1. The summed E-state index contributed by atoms with van der Waals surface area (Å²) < 4.78 is 13.7. The number of rotatable bonds is 2. The summed E-state index contributed by atoms with van der Waals surface area (Å²) >= 11 is 0. The maximum absolute atomic E-state index is 13.7. The van der Waals surface area contributed by atoms with Crippen molar-refractivity contribution in [2.24, 2.45) is 0 Å². The van der Waals surface area contributed by atoms with Crippen molar-refractivity contribution >= 4 is 22.5 Å². The van der Waals surface area contributed by atoms with Gasteiger partial charge in [0, 0.05) is 24.8 Å². The molecule has 5 heteroatoms. The predicted molar refractivity (Wildman–Crippen MR) is 78.7 cm³/mol. The van der Waals surface area contributed by atoms with E-state index in [9.17, 15) is 9.18 Å². The Hall–Kier alpha value is -2.82. The quantitative estimate of drug-likeness (QED) is 0.725.